The zero-order valence-corrected chi connectivity index (χ0v) is 16.1. The molecule has 2 rings (SSSR count). The van der Waals surface area contributed by atoms with E-state index in [0.717, 1.165) is 5.56 Å². The normalized spacial score (nSPS) is 23.3. The molecule has 0 aliphatic carbocycles. The first-order chi connectivity index (χ1) is 11.5. The van der Waals surface area contributed by atoms with Crippen LogP contribution in [0.5, 0.6) is 0 Å². The fraction of sp³-hybridized carbons (Fsp3) is 0.600. The molecule has 2 amide bonds. The summed E-state index contributed by atoms with van der Waals surface area (Å²) in [7, 11) is 0. The second-order valence-corrected chi connectivity index (χ2v) is 8.31. The Morgan fingerprint density at radius 3 is 2.40 bits per heavy atom. The Labute approximate surface area is 150 Å². The minimum absolute atomic E-state index is 0.0178. The van der Waals surface area contributed by atoms with Crippen LogP contribution >= 0.6 is 0 Å². The van der Waals surface area contributed by atoms with Crippen LogP contribution in [-0.2, 0) is 9.53 Å². The third kappa shape index (κ3) is 4.74. The number of ether oxygens (including phenoxy) is 1. The Kier molecular flexibility index (Phi) is 5.45. The van der Waals surface area contributed by atoms with Crippen molar-refractivity contribution >= 4 is 12.0 Å². The van der Waals surface area contributed by atoms with Gasteiger partial charge in [0.2, 0.25) is 5.91 Å². The third-order valence-electron chi connectivity index (χ3n) is 4.94. The lowest BCUT2D eigenvalue weighted by atomic mass is 9.82. The molecular weight excluding hydrogens is 316 g/mol. The van der Waals surface area contributed by atoms with Crippen molar-refractivity contribution in [3.8, 4) is 0 Å². The van der Waals surface area contributed by atoms with Crippen LogP contribution in [0.3, 0.4) is 0 Å². The Bertz CT molecular complexity index is 624. The first-order valence-electron chi connectivity index (χ1n) is 8.86. The van der Waals surface area contributed by atoms with Gasteiger partial charge in [0.1, 0.15) is 5.60 Å². The van der Waals surface area contributed by atoms with E-state index in [0.29, 0.717) is 13.0 Å². The third-order valence-corrected chi connectivity index (χ3v) is 4.94. The van der Waals surface area contributed by atoms with Gasteiger partial charge in [-0.05, 0) is 40.2 Å². The van der Waals surface area contributed by atoms with Crippen molar-refractivity contribution in [2.45, 2.75) is 65.6 Å². The molecule has 1 aromatic carbocycles. The van der Waals surface area contributed by atoms with Gasteiger partial charge in [0, 0.05) is 24.4 Å². The van der Waals surface area contributed by atoms with Crippen LogP contribution in [0.15, 0.2) is 30.3 Å². The molecule has 25 heavy (non-hydrogen) atoms. The van der Waals surface area contributed by atoms with Crippen molar-refractivity contribution in [3.05, 3.63) is 35.9 Å². The van der Waals surface area contributed by atoms with Gasteiger partial charge < -0.3 is 15.0 Å². The number of nitrogens with zero attached hydrogens (tertiary/aromatic N) is 1. The maximum atomic E-state index is 12.6. The molecule has 1 saturated heterocycles. The van der Waals surface area contributed by atoms with Crippen molar-refractivity contribution in [2.24, 2.45) is 5.41 Å². The largest absolute Gasteiger partial charge is 0.444 e. The van der Waals surface area contributed by atoms with E-state index in [2.05, 4.69) is 5.32 Å². The predicted octanol–water partition coefficient (Wildman–Crippen LogP) is 3.90. The predicted molar refractivity (Wildman–Crippen MR) is 98.1 cm³/mol. The summed E-state index contributed by atoms with van der Waals surface area (Å²) in [6, 6.07) is 9.87. The van der Waals surface area contributed by atoms with Crippen LogP contribution in [0.1, 0.15) is 59.6 Å². The lowest BCUT2D eigenvalue weighted by Gasteiger charge is -2.33. The molecule has 1 aliphatic rings. The summed E-state index contributed by atoms with van der Waals surface area (Å²) in [6.45, 7) is 12.1. The van der Waals surface area contributed by atoms with E-state index < -0.39 is 11.7 Å². The molecule has 1 heterocycles. The van der Waals surface area contributed by atoms with Crippen LogP contribution in [0.2, 0.25) is 0 Å². The average Bonchev–Trinajstić information content (AvgIpc) is 2.82. The first-order valence-corrected chi connectivity index (χ1v) is 8.86. The molecule has 0 saturated carbocycles. The van der Waals surface area contributed by atoms with E-state index in [1.165, 1.54) is 0 Å². The van der Waals surface area contributed by atoms with Crippen molar-refractivity contribution in [1.29, 1.82) is 0 Å². The van der Waals surface area contributed by atoms with Crippen molar-refractivity contribution in [1.82, 2.24) is 10.2 Å². The highest BCUT2D eigenvalue weighted by Gasteiger charge is 2.45. The Morgan fingerprint density at radius 2 is 1.84 bits per heavy atom. The second kappa shape index (κ2) is 7.06. The summed E-state index contributed by atoms with van der Waals surface area (Å²) in [5.41, 5.74) is 0.258. The number of likely N-dealkylation sites (tertiary alicyclic amines) is 1. The van der Waals surface area contributed by atoms with Gasteiger partial charge in [-0.15, -0.1) is 0 Å². The van der Waals surface area contributed by atoms with Gasteiger partial charge >= 0.3 is 6.09 Å². The van der Waals surface area contributed by atoms with Gasteiger partial charge in [0.15, 0.2) is 0 Å². The smallest absolute Gasteiger partial charge is 0.407 e. The Balaban J connectivity index is 2.05. The Morgan fingerprint density at radius 1 is 1.24 bits per heavy atom. The van der Waals surface area contributed by atoms with E-state index in [1.807, 2.05) is 76.8 Å². The quantitative estimate of drug-likeness (QED) is 0.899. The number of carbonyl (C=O) groups is 2. The maximum absolute atomic E-state index is 12.6. The average molecular weight is 346 g/mol. The highest BCUT2D eigenvalue weighted by molar-refractivity contribution is 5.80. The maximum Gasteiger partial charge on any atom is 0.407 e. The fourth-order valence-electron chi connectivity index (χ4n) is 3.19. The topological polar surface area (TPSA) is 58.6 Å². The van der Waals surface area contributed by atoms with E-state index in [4.69, 9.17) is 4.74 Å². The van der Waals surface area contributed by atoms with E-state index in [1.54, 1.807) is 0 Å². The Hall–Kier alpha value is -2.04. The monoisotopic (exact) mass is 346 g/mol. The molecule has 1 N–H and O–H groups in total. The lowest BCUT2D eigenvalue weighted by molar-refractivity contribution is -0.129. The van der Waals surface area contributed by atoms with Crippen molar-refractivity contribution in [3.63, 3.8) is 0 Å². The molecule has 0 unspecified atom stereocenters. The summed E-state index contributed by atoms with van der Waals surface area (Å²) >= 11 is 0. The molecule has 1 aliphatic heterocycles. The van der Waals surface area contributed by atoms with Crippen LogP contribution in [-0.4, -0.2) is 35.1 Å². The van der Waals surface area contributed by atoms with Crippen LogP contribution < -0.4 is 5.32 Å². The molecular formula is C20H30N2O3. The number of rotatable bonds is 4. The van der Waals surface area contributed by atoms with Gasteiger partial charge in [-0.25, -0.2) is 4.79 Å². The van der Waals surface area contributed by atoms with Gasteiger partial charge in [0.05, 0.1) is 6.04 Å². The lowest BCUT2D eigenvalue weighted by Crippen LogP contribution is -2.47. The summed E-state index contributed by atoms with van der Waals surface area (Å²) < 4.78 is 5.33. The number of hydrogen-bond donors (Lipinski definition) is 1. The van der Waals surface area contributed by atoms with Crippen LogP contribution in [0, 0.1) is 5.41 Å². The number of hydrogen-bond acceptors (Lipinski definition) is 3. The summed E-state index contributed by atoms with van der Waals surface area (Å²) in [5.74, 6) is 0.122. The van der Waals surface area contributed by atoms with Gasteiger partial charge in [-0.1, -0.05) is 37.3 Å². The SMILES string of the molecule is C[C@H](c1ccccc1)N1C[C@@](C)([C@H](C)NC(=O)OC(C)(C)C)CC1=O. The molecule has 5 nitrogen and oxygen atoms in total. The highest BCUT2D eigenvalue weighted by atomic mass is 16.6. The summed E-state index contributed by atoms with van der Waals surface area (Å²) in [6.07, 6.45) is -0.0237. The molecule has 0 spiro atoms. The van der Waals surface area contributed by atoms with Crippen molar-refractivity contribution < 1.29 is 14.3 Å². The minimum atomic E-state index is -0.538. The number of amides is 2. The second-order valence-electron chi connectivity index (χ2n) is 8.31. The standard InChI is InChI=1S/C20H30N2O3/c1-14(16-10-8-7-9-11-16)22-13-20(6,12-17(22)23)15(2)21-18(24)25-19(3,4)5/h7-11,14-15H,12-13H2,1-6H3,(H,21,24)/t14-,15+,20+/m1/s1. The van der Waals surface area contributed by atoms with Crippen LogP contribution in [0.4, 0.5) is 4.79 Å². The van der Waals surface area contributed by atoms with Gasteiger partial charge in [-0.2, -0.15) is 0 Å². The molecule has 3 atom stereocenters. The van der Waals surface area contributed by atoms with E-state index >= 15 is 0 Å². The zero-order valence-electron chi connectivity index (χ0n) is 16.1. The number of benzene rings is 1. The fourth-order valence-corrected chi connectivity index (χ4v) is 3.19. The van der Waals surface area contributed by atoms with Crippen LogP contribution in [0.25, 0.3) is 0 Å². The van der Waals surface area contributed by atoms with Crippen molar-refractivity contribution in [2.75, 3.05) is 6.54 Å². The van der Waals surface area contributed by atoms with Gasteiger partial charge in [-0.3, -0.25) is 4.79 Å². The molecule has 1 aromatic rings. The molecule has 0 radical (unpaired) electrons. The molecule has 5 heteroatoms. The first kappa shape index (κ1) is 19.3. The highest BCUT2D eigenvalue weighted by Crippen LogP contribution is 2.38. The zero-order chi connectivity index (χ0) is 18.8. The molecule has 0 bridgehead atoms. The van der Waals surface area contributed by atoms with E-state index in [9.17, 15) is 9.59 Å². The number of carbonyl (C=O) groups excluding carboxylic acids is 2. The number of alkyl carbamates (subject to hydrolysis) is 1. The molecule has 0 aromatic heterocycles. The number of nitrogens with one attached hydrogen (secondary N) is 1. The summed E-state index contributed by atoms with van der Waals surface area (Å²) in [5, 5.41) is 2.90. The van der Waals surface area contributed by atoms with E-state index in [-0.39, 0.29) is 23.4 Å². The minimum Gasteiger partial charge on any atom is -0.444 e. The summed E-state index contributed by atoms with van der Waals surface area (Å²) in [4.78, 5) is 26.6. The molecule has 1 fully saturated rings. The van der Waals surface area contributed by atoms with Gasteiger partial charge in [0.25, 0.3) is 0 Å². The molecule has 138 valence electrons.